The monoisotopic (exact) mass is 389 g/mol. The van der Waals surface area contributed by atoms with Crippen molar-refractivity contribution in [3.63, 3.8) is 0 Å². The summed E-state index contributed by atoms with van der Waals surface area (Å²) in [5, 5.41) is 3.51. The van der Waals surface area contributed by atoms with Crippen LogP contribution < -0.4 is 5.32 Å². The Kier molecular flexibility index (Phi) is 4.97. The highest BCUT2D eigenvalue weighted by molar-refractivity contribution is 14.1. The maximum atomic E-state index is 13.3. The molecule has 1 aromatic heterocycles. The van der Waals surface area contributed by atoms with Gasteiger partial charge in [-0.25, -0.2) is 4.39 Å². The fourth-order valence-corrected chi connectivity index (χ4v) is 4.02. The predicted molar refractivity (Wildman–Crippen MR) is 88.4 cm³/mol. The van der Waals surface area contributed by atoms with Crippen LogP contribution in [0.5, 0.6) is 0 Å². The summed E-state index contributed by atoms with van der Waals surface area (Å²) in [7, 11) is 0. The molecule has 0 amide bonds. The van der Waals surface area contributed by atoms with Gasteiger partial charge in [0.2, 0.25) is 0 Å². The van der Waals surface area contributed by atoms with Crippen molar-refractivity contribution in [3.8, 4) is 0 Å². The molecule has 0 fully saturated rings. The molecule has 102 valence electrons. The van der Waals surface area contributed by atoms with Crippen molar-refractivity contribution >= 4 is 33.9 Å². The summed E-state index contributed by atoms with van der Waals surface area (Å²) in [6.07, 6.45) is 0. The first-order valence-electron chi connectivity index (χ1n) is 6.28. The Morgan fingerprint density at radius 3 is 2.53 bits per heavy atom. The van der Waals surface area contributed by atoms with E-state index < -0.39 is 0 Å². The van der Waals surface area contributed by atoms with Crippen LogP contribution in [-0.2, 0) is 0 Å². The van der Waals surface area contributed by atoms with Gasteiger partial charge >= 0.3 is 0 Å². The molecule has 2 rings (SSSR count). The highest BCUT2D eigenvalue weighted by Gasteiger charge is 2.19. The van der Waals surface area contributed by atoms with Crippen molar-refractivity contribution in [1.82, 2.24) is 5.32 Å². The van der Waals surface area contributed by atoms with Crippen LogP contribution in [0.2, 0.25) is 0 Å². The molecule has 1 N–H and O–H groups in total. The van der Waals surface area contributed by atoms with E-state index >= 15 is 0 Å². The average Bonchev–Trinajstić information content (AvgIpc) is 2.66. The van der Waals surface area contributed by atoms with Crippen molar-refractivity contribution in [1.29, 1.82) is 0 Å². The lowest BCUT2D eigenvalue weighted by Crippen LogP contribution is -2.23. The van der Waals surface area contributed by atoms with Crippen molar-refractivity contribution in [2.24, 2.45) is 0 Å². The van der Waals surface area contributed by atoms with E-state index in [4.69, 9.17) is 0 Å². The molecule has 0 aliphatic heterocycles. The van der Waals surface area contributed by atoms with Gasteiger partial charge < -0.3 is 5.32 Å². The zero-order valence-electron chi connectivity index (χ0n) is 11.3. The molecule has 0 spiro atoms. The van der Waals surface area contributed by atoms with Gasteiger partial charge in [-0.05, 0) is 72.3 Å². The summed E-state index contributed by atoms with van der Waals surface area (Å²) in [5.74, 6) is -0.179. The zero-order chi connectivity index (χ0) is 14.0. The molecule has 0 aliphatic carbocycles. The van der Waals surface area contributed by atoms with Crippen LogP contribution >= 0.6 is 33.9 Å². The lowest BCUT2D eigenvalue weighted by Gasteiger charge is -2.20. The van der Waals surface area contributed by atoms with Crippen molar-refractivity contribution < 1.29 is 4.39 Å². The second-order valence-electron chi connectivity index (χ2n) is 4.53. The third-order valence-corrected chi connectivity index (χ3v) is 4.99. The van der Waals surface area contributed by atoms with Crippen molar-refractivity contribution in [3.05, 3.63) is 54.5 Å². The van der Waals surface area contributed by atoms with Gasteiger partial charge in [-0.2, -0.15) is 0 Å². The zero-order valence-corrected chi connectivity index (χ0v) is 14.2. The first kappa shape index (κ1) is 14.9. The molecule has 0 radical (unpaired) electrons. The molecule has 4 heteroatoms. The summed E-state index contributed by atoms with van der Waals surface area (Å²) >= 11 is 4.02. The maximum absolute atomic E-state index is 13.3. The largest absolute Gasteiger partial charge is 0.306 e. The average molecular weight is 389 g/mol. The van der Waals surface area contributed by atoms with E-state index in [1.165, 1.54) is 21.4 Å². The van der Waals surface area contributed by atoms with Gasteiger partial charge in [0.1, 0.15) is 5.82 Å². The maximum Gasteiger partial charge on any atom is 0.124 e. The minimum atomic E-state index is -0.179. The van der Waals surface area contributed by atoms with E-state index in [9.17, 15) is 4.39 Å². The van der Waals surface area contributed by atoms with Crippen LogP contribution in [0.4, 0.5) is 4.39 Å². The molecular formula is C15H17FINS. The summed E-state index contributed by atoms with van der Waals surface area (Å²) in [6, 6.07) is 7.39. The number of thiophene rings is 1. The van der Waals surface area contributed by atoms with Crippen LogP contribution in [0.3, 0.4) is 0 Å². The van der Waals surface area contributed by atoms with Gasteiger partial charge in [0, 0.05) is 13.3 Å². The van der Waals surface area contributed by atoms with E-state index in [0.717, 1.165) is 15.7 Å². The normalized spacial score (nSPS) is 12.7. The molecule has 2 aromatic rings. The van der Waals surface area contributed by atoms with Gasteiger partial charge in [-0.1, -0.05) is 13.0 Å². The predicted octanol–water partition coefficient (Wildman–Crippen LogP) is 4.81. The summed E-state index contributed by atoms with van der Waals surface area (Å²) < 4.78 is 14.2. The van der Waals surface area contributed by atoms with E-state index in [0.29, 0.717) is 0 Å². The standard InChI is InChI=1S/C15H17FINS/c1-4-18-15(13-7-9(2)19-10(13)3)12-6-5-11(16)8-14(12)17/h5-8,15,18H,4H2,1-3H3. The number of hydrogen-bond acceptors (Lipinski definition) is 2. The van der Waals surface area contributed by atoms with E-state index in [1.54, 1.807) is 6.07 Å². The van der Waals surface area contributed by atoms with E-state index in [-0.39, 0.29) is 11.9 Å². The molecule has 1 aromatic carbocycles. The second kappa shape index (κ2) is 6.33. The Balaban J connectivity index is 2.48. The molecule has 0 saturated carbocycles. The Morgan fingerprint density at radius 2 is 2.00 bits per heavy atom. The highest BCUT2D eigenvalue weighted by Crippen LogP contribution is 2.32. The van der Waals surface area contributed by atoms with Crippen LogP contribution in [0.15, 0.2) is 24.3 Å². The first-order chi connectivity index (χ1) is 9.02. The Hall–Kier alpha value is -0.460. The number of benzene rings is 1. The highest BCUT2D eigenvalue weighted by atomic mass is 127. The van der Waals surface area contributed by atoms with Gasteiger partial charge in [0.15, 0.2) is 0 Å². The molecule has 1 heterocycles. The third-order valence-electron chi connectivity index (χ3n) is 3.07. The fourth-order valence-electron chi connectivity index (χ4n) is 2.26. The van der Waals surface area contributed by atoms with Crippen LogP contribution in [0.25, 0.3) is 0 Å². The molecule has 0 bridgehead atoms. The molecule has 19 heavy (non-hydrogen) atoms. The van der Waals surface area contributed by atoms with Gasteiger partial charge in [-0.15, -0.1) is 11.3 Å². The number of nitrogens with one attached hydrogen (secondary N) is 1. The molecule has 0 aliphatic rings. The topological polar surface area (TPSA) is 12.0 Å². The van der Waals surface area contributed by atoms with E-state index in [2.05, 4.69) is 54.7 Å². The Morgan fingerprint density at radius 1 is 1.26 bits per heavy atom. The summed E-state index contributed by atoms with van der Waals surface area (Å²) in [6.45, 7) is 7.25. The Bertz CT molecular complexity index is 580. The Labute approximate surface area is 131 Å². The van der Waals surface area contributed by atoms with Gasteiger partial charge in [0.05, 0.1) is 6.04 Å². The molecule has 1 unspecified atom stereocenters. The van der Waals surface area contributed by atoms with Crippen molar-refractivity contribution in [2.45, 2.75) is 26.8 Å². The minimum absolute atomic E-state index is 0.141. The third kappa shape index (κ3) is 3.35. The SMILES string of the molecule is CCNC(c1ccc(F)cc1I)c1cc(C)sc1C. The first-order valence-corrected chi connectivity index (χ1v) is 8.17. The second-order valence-corrected chi connectivity index (χ2v) is 7.15. The number of halogens is 2. The van der Waals surface area contributed by atoms with Crippen LogP contribution in [0.1, 0.15) is 33.8 Å². The van der Waals surface area contributed by atoms with Gasteiger partial charge in [0.25, 0.3) is 0 Å². The van der Waals surface area contributed by atoms with Crippen LogP contribution in [0, 0.1) is 23.2 Å². The minimum Gasteiger partial charge on any atom is -0.306 e. The van der Waals surface area contributed by atoms with E-state index in [1.807, 2.05) is 17.4 Å². The quantitative estimate of drug-likeness (QED) is 0.741. The number of aryl methyl sites for hydroxylation is 2. The molecular weight excluding hydrogens is 372 g/mol. The smallest absolute Gasteiger partial charge is 0.124 e. The van der Waals surface area contributed by atoms with Crippen LogP contribution in [-0.4, -0.2) is 6.54 Å². The number of hydrogen-bond donors (Lipinski definition) is 1. The lowest BCUT2D eigenvalue weighted by molar-refractivity contribution is 0.610. The molecule has 0 saturated heterocycles. The summed E-state index contributed by atoms with van der Waals surface area (Å²) in [5.41, 5.74) is 2.44. The molecule has 1 nitrogen and oxygen atoms in total. The van der Waals surface area contributed by atoms with Gasteiger partial charge in [-0.3, -0.25) is 0 Å². The fraction of sp³-hybridized carbons (Fsp3) is 0.333. The summed E-state index contributed by atoms with van der Waals surface area (Å²) in [4.78, 5) is 2.64. The molecule has 1 atom stereocenters. The lowest BCUT2D eigenvalue weighted by atomic mass is 9.99. The number of rotatable bonds is 4. The van der Waals surface area contributed by atoms with Crippen molar-refractivity contribution in [2.75, 3.05) is 6.54 Å².